The molecule has 226 valence electrons. The van der Waals surface area contributed by atoms with Crippen molar-refractivity contribution in [3.05, 3.63) is 29.3 Å². The Bertz CT molecular complexity index is 1010. The highest BCUT2D eigenvalue weighted by atomic mass is 19.4. The lowest BCUT2D eigenvalue weighted by Crippen LogP contribution is -2.51. The van der Waals surface area contributed by atoms with E-state index in [9.17, 15) is 27.6 Å². The summed E-state index contributed by atoms with van der Waals surface area (Å²) in [7, 11) is 2.13. The van der Waals surface area contributed by atoms with Crippen molar-refractivity contribution in [2.75, 3.05) is 18.9 Å². The van der Waals surface area contributed by atoms with Gasteiger partial charge < -0.3 is 26.2 Å². The largest absolute Gasteiger partial charge is 0.416 e. The van der Waals surface area contributed by atoms with Crippen molar-refractivity contribution >= 4 is 23.5 Å². The fourth-order valence-electron chi connectivity index (χ4n) is 5.04. The van der Waals surface area contributed by atoms with Crippen LogP contribution in [0.4, 0.5) is 23.7 Å². The monoisotopic (exact) mass is 569 g/mol. The molecule has 2 rings (SSSR count). The quantitative estimate of drug-likeness (QED) is 0.287. The van der Waals surface area contributed by atoms with Crippen LogP contribution in [0.1, 0.15) is 89.6 Å². The molecule has 1 aromatic carbocycles. The van der Waals surface area contributed by atoms with Gasteiger partial charge in [-0.25, -0.2) is 4.79 Å². The van der Waals surface area contributed by atoms with Crippen molar-refractivity contribution < 1.29 is 27.6 Å². The molecule has 0 spiro atoms. The molecule has 40 heavy (non-hydrogen) atoms. The van der Waals surface area contributed by atoms with Gasteiger partial charge in [-0.3, -0.25) is 9.59 Å². The molecule has 0 aliphatic heterocycles. The highest BCUT2D eigenvalue weighted by Crippen LogP contribution is 2.33. The van der Waals surface area contributed by atoms with E-state index in [1.807, 2.05) is 0 Å². The van der Waals surface area contributed by atoms with Gasteiger partial charge in [0.2, 0.25) is 5.91 Å². The number of urea groups is 1. The van der Waals surface area contributed by atoms with Gasteiger partial charge in [0.15, 0.2) is 0 Å². The second-order valence-corrected chi connectivity index (χ2v) is 11.8. The van der Waals surface area contributed by atoms with Gasteiger partial charge in [-0.2, -0.15) is 13.2 Å². The number of carbonyl (C=O) groups is 3. The lowest BCUT2D eigenvalue weighted by atomic mass is 9.77. The number of hydrogen-bond acceptors (Lipinski definition) is 4. The van der Waals surface area contributed by atoms with Crippen molar-refractivity contribution in [3.8, 4) is 0 Å². The van der Waals surface area contributed by atoms with Crippen molar-refractivity contribution in [1.29, 1.82) is 0 Å². The molecule has 1 saturated carbocycles. The van der Waals surface area contributed by atoms with E-state index >= 15 is 0 Å². The summed E-state index contributed by atoms with van der Waals surface area (Å²) in [5.74, 6) is -0.459. The predicted molar refractivity (Wildman–Crippen MR) is 151 cm³/mol. The van der Waals surface area contributed by atoms with E-state index in [1.54, 1.807) is 13.8 Å². The Morgan fingerprint density at radius 2 is 1.73 bits per heavy atom. The molecule has 0 bridgehead atoms. The number of anilines is 1. The van der Waals surface area contributed by atoms with E-state index in [-0.39, 0.29) is 23.3 Å². The SMILES string of the molecule is CC(C)CCC1CC(N(C)C(C)C)CCC1NC(=O)CNC(=O)c1cc(C(F)(F)F)ccc1NC(=O)NC(C)C. The summed E-state index contributed by atoms with van der Waals surface area (Å²) >= 11 is 0. The number of benzene rings is 1. The Balaban J connectivity index is 2.10. The molecule has 1 aliphatic rings. The van der Waals surface area contributed by atoms with Crippen LogP contribution in [0.3, 0.4) is 0 Å². The maximum atomic E-state index is 13.3. The molecular weight excluding hydrogens is 523 g/mol. The Morgan fingerprint density at radius 3 is 2.30 bits per heavy atom. The van der Waals surface area contributed by atoms with Crippen LogP contribution in [0.15, 0.2) is 18.2 Å². The third-order valence-electron chi connectivity index (χ3n) is 7.48. The van der Waals surface area contributed by atoms with Gasteiger partial charge in [0.05, 0.1) is 23.4 Å². The first-order chi connectivity index (χ1) is 18.6. The van der Waals surface area contributed by atoms with E-state index in [2.05, 4.69) is 60.9 Å². The van der Waals surface area contributed by atoms with Gasteiger partial charge in [-0.15, -0.1) is 0 Å². The van der Waals surface area contributed by atoms with Crippen LogP contribution in [0.2, 0.25) is 0 Å². The molecule has 0 radical (unpaired) electrons. The van der Waals surface area contributed by atoms with E-state index in [0.29, 0.717) is 30.0 Å². The van der Waals surface area contributed by atoms with Gasteiger partial charge in [-0.05, 0) is 90.5 Å². The van der Waals surface area contributed by atoms with Gasteiger partial charge in [0, 0.05) is 24.2 Å². The van der Waals surface area contributed by atoms with Crippen LogP contribution in [-0.2, 0) is 11.0 Å². The third kappa shape index (κ3) is 10.3. The number of rotatable bonds is 11. The number of nitrogens with zero attached hydrogens (tertiary/aromatic N) is 1. The zero-order valence-electron chi connectivity index (χ0n) is 24.7. The van der Waals surface area contributed by atoms with Gasteiger partial charge in [0.1, 0.15) is 0 Å². The molecule has 8 nitrogen and oxygen atoms in total. The first-order valence-corrected chi connectivity index (χ1v) is 14.2. The maximum absolute atomic E-state index is 13.3. The highest BCUT2D eigenvalue weighted by Gasteiger charge is 2.34. The normalized spacial score (nSPS) is 19.7. The summed E-state index contributed by atoms with van der Waals surface area (Å²) in [5.41, 5.74) is -1.51. The Morgan fingerprint density at radius 1 is 1.05 bits per heavy atom. The van der Waals surface area contributed by atoms with Crippen LogP contribution in [-0.4, -0.2) is 60.5 Å². The molecule has 3 unspecified atom stereocenters. The minimum absolute atomic E-state index is 0.0366. The molecule has 0 aromatic heterocycles. The van der Waals surface area contributed by atoms with Crippen LogP contribution in [0.5, 0.6) is 0 Å². The van der Waals surface area contributed by atoms with Gasteiger partial charge in [0.25, 0.3) is 5.91 Å². The fourth-order valence-corrected chi connectivity index (χ4v) is 5.04. The van der Waals surface area contributed by atoms with Crippen molar-refractivity contribution in [2.24, 2.45) is 11.8 Å². The highest BCUT2D eigenvalue weighted by molar-refractivity contribution is 6.04. The number of nitrogens with one attached hydrogen (secondary N) is 4. The lowest BCUT2D eigenvalue weighted by Gasteiger charge is -2.42. The van der Waals surface area contributed by atoms with E-state index in [4.69, 9.17) is 0 Å². The van der Waals surface area contributed by atoms with Crippen LogP contribution in [0.25, 0.3) is 0 Å². The van der Waals surface area contributed by atoms with Crippen LogP contribution >= 0.6 is 0 Å². The standard InChI is InChI=1S/C29H46F3N5O3/c1-17(2)8-9-20-14-22(37(7)19(5)6)11-13-24(20)35-26(38)16-33-27(39)23-15-21(29(30,31)32)10-12-25(23)36-28(40)34-18(3)4/h10,12,15,17-20,22,24H,8-9,11,13-14,16H2,1-7H3,(H,33,39)(H,35,38)(H2,34,36,40). The van der Waals surface area contributed by atoms with Crippen molar-refractivity contribution in [2.45, 2.75) is 104 Å². The van der Waals surface area contributed by atoms with E-state index in [0.717, 1.165) is 44.2 Å². The molecule has 1 aromatic rings. The molecule has 1 aliphatic carbocycles. The minimum atomic E-state index is -4.68. The number of alkyl halides is 3. The number of halogens is 3. The second kappa shape index (κ2) is 14.7. The van der Waals surface area contributed by atoms with Gasteiger partial charge in [-0.1, -0.05) is 20.3 Å². The summed E-state index contributed by atoms with van der Waals surface area (Å²) in [5, 5.41) is 10.5. The first kappa shape index (κ1) is 33.4. The molecule has 0 saturated heterocycles. The molecule has 3 atom stereocenters. The summed E-state index contributed by atoms with van der Waals surface area (Å²) in [6.45, 7) is 11.7. The maximum Gasteiger partial charge on any atom is 0.416 e. The van der Waals surface area contributed by atoms with E-state index < -0.39 is 36.1 Å². The third-order valence-corrected chi connectivity index (χ3v) is 7.48. The Kier molecular flexibility index (Phi) is 12.3. The predicted octanol–water partition coefficient (Wildman–Crippen LogP) is 5.40. The van der Waals surface area contributed by atoms with Crippen LogP contribution in [0, 0.1) is 11.8 Å². The van der Waals surface area contributed by atoms with Crippen molar-refractivity contribution in [1.82, 2.24) is 20.9 Å². The van der Waals surface area contributed by atoms with Crippen LogP contribution < -0.4 is 21.3 Å². The zero-order valence-corrected chi connectivity index (χ0v) is 24.7. The molecule has 11 heteroatoms. The van der Waals surface area contributed by atoms with Crippen molar-refractivity contribution in [3.63, 3.8) is 0 Å². The van der Waals surface area contributed by atoms with Gasteiger partial charge >= 0.3 is 12.2 Å². The summed E-state index contributed by atoms with van der Waals surface area (Å²) in [6, 6.07) is 2.43. The number of carbonyl (C=O) groups excluding carboxylic acids is 3. The summed E-state index contributed by atoms with van der Waals surface area (Å²) in [4.78, 5) is 40.3. The Hall–Kier alpha value is -2.82. The number of hydrogen-bond donors (Lipinski definition) is 4. The minimum Gasteiger partial charge on any atom is -0.352 e. The zero-order chi connectivity index (χ0) is 30.2. The first-order valence-electron chi connectivity index (χ1n) is 14.2. The molecule has 4 N–H and O–H groups in total. The molecule has 4 amide bonds. The smallest absolute Gasteiger partial charge is 0.352 e. The summed E-state index contributed by atoms with van der Waals surface area (Å²) in [6.07, 6.45) is 0.0738. The lowest BCUT2D eigenvalue weighted by molar-refractivity contribution is -0.137. The molecule has 0 heterocycles. The second-order valence-electron chi connectivity index (χ2n) is 11.8. The topological polar surface area (TPSA) is 103 Å². The Labute approximate surface area is 236 Å². The molecular formula is C29H46F3N5O3. The number of amides is 4. The van der Waals surface area contributed by atoms with E-state index in [1.165, 1.54) is 0 Å². The average molecular weight is 570 g/mol. The molecule has 1 fully saturated rings. The average Bonchev–Trinajstić information content (AvgIpc) is 2.85. The fraction of sp³-hybridized carbons (Fsp3) is 0.690. The summed E-state index contributed by atoms with van der Waals surface area (Å²) < 4.78 is 40.0.